The molecule has 0 saturated carbocycles. The molecule has 0 radical (unpaired) electrons. The van der Waals surface area contributed by atoms with E-state index in [1.807, 2.05) is 6.26 Å². The quantitative estimate of drug-likeness (QED) is 0.788. The Labute approximate surface area is 118 Å². The average Bonchev–Trinajstić information content (AvgIpc) is 2.37. The monoisotopic (exact) mass is 305 g/mol. The number of rotatable bonds is 7. The summed E-state index contributed by atoms with van der Waals surface area (Å²) in [6.07, 6.45) is 1.85. The third kappa shape index (κ3) is 5.02. The maximum Gasteiger partial charge on any atom is 0.240 e. The van der Waals surface area contributed by atoms with Crippen molar-refractivity contribution in [3.05, 3.63) is 24.3 Å². The van der Waals surface area contributed by atoms with E-state index in [1.54, 1.807) is 19.1 Å². The lowest BCUT2D eigenvalue weighted by atomic mass is 10.1. The van der Waals surface area contributed by atoms with Crippen molar-refractivity contribution >= 4 is 21.8 Å². The number of methoxy groups -OCH3 is 1. The Kier molecular flexibility index (Phi) is 5.66. The smallest absolute Gasteiger partial charge is 0.240 e. The minimum atomic E-state index is -3.61. The van der Waals surface area contributed by atoms with Crippen LogP contribution in [-0.4, -0.2) is 44.8 Å². The molecule has 1 aromatic rings. The molecule has 0 bridgehead atoms. The topological polar surface area (TPSA) is 75.6 Å². The Bertz CT molecular complexity index is 497. The zero-order valence-corrected chi connectivity index (χ0v) is 12.8. The van der Waals surface area contributed by atoms with Crippen molar-refractivity contribution in [2.45, 2.75) is 17.4 Å². The third-order valence-electron chi connectivity index (χ3n) is 2.47. The van der Waals surface area contributed by atoms with Gasteiger partial charge in [-0.25, -0.2) is 13.1 Å². The minimum absolute atomic E-state index is 0.0256. The Balaban J connectivity index is 2.75. The molecule has 19 heavy (non-hydrogen) atoms. The molecule has 0 spiro atoms. The Morgan fingerprint density at radius 2 is 1.95 bits per heavy atom. The van der Waals surface area contributed by atoms with E-state index in [4.69, 9.17) is 4.74 Å². The lowest BCUT2D eigenvalue weighted by Crippen LogP contribution is -2.42. The van der Waals surface area contributed by atoms with Crippen LogP contribution in [0.2, 0.25) is 0 Å². The van der Waals surface area contributed by atoms with Gasteiger partial charge in [0.25, 0.3) is 0 Å². The molecule has 2 N–H and O–H groups in total. The van der Waals surface area contributed by atoms with Crippen LogP contribution in [0, 0.1) is 0 Å². The van der Waals surface area contributed by atoms with Crippen molar-refractivity contribution in [2.24, 2.45) is 0 Å². The molecular formula is C12H19NO4S2. The first-order chi connectivity index (χ1) is 8.80. The van der Waals surface area contributed by atoms with Crippen LogP contribution in [0.3, 0.4) is 0 Å². The van der Waals surface area contributed by atoms with Gasteiger partial charge in [0.15, 0.2) is 0 Å². The number of hydrogen-bond donors (Lipinski definition) is 2. The highest BCUT2D eigenvalue weighted by Gasteiger charge is 2.23. The second-order valence-electron chi connectivity index (χ2n) is 4.43. The number of sulfonamides is 1. The second-order valence-corrected chi connectivity index (χ2v) is 7.06. The van der Waals surface area contributed by atoms with Gasteiger partial charge in [0, 0.05) is 12.3 Å². The van der Waals surface area contributed by atoms with Crippen molar-refractivity contribution < 1.29 is 18.3 Å². The molecular weight excluding hydrogens is 286 g/mol. The zero-order chi connectivity index (χ0) is 14.5. The van der Waals surface area contributed by atoms with Gasteiger partial charge < -0.3 is 9.84 Å². The molecule has 0 aliphatic carbocycles. The predicted octanol–water partition coefficient (Wildman–Crippen LogP) is 1.09. The van der Waals surface area contributed by atoms with E-state index in [2.05, 4.69) is 4.72 Å². The first kappa shape index (κ1) is 16.3. The van der Waals surface area contributed by atoms with E-state index in [9.17, 15) is 13.5 Å². The fourth-order valence-corrected chi connectivity index (χ4v) is 3.34. The van der Waals surface area contributed by atoms with Crippen LogP contribution in [0.1, 0.15) is 6.92 Å². The van der Waals surface area contributed by atoms with Gasteiger partial charge in [-0.3, -0.25) is 0 Å². The second kappa shape index (κ2) is 6.60. The third-order valence-corrected chi connectivity index (χ3v) is 4.80. The van der Waals surface area contributed by atoms with Crippen LogP contribution in [0.15, 0.2) is 29.2 Å². The molecule has 1 unspecified atom stereocenters. The highest BCUT2D eigenvalue weighted by atomic mass is 32.2. The van der Waals surface area contributed by atoms with Gasteiger partial charge in [-0.05, 0) is 37.4 Å². The molecule has 0 aliphatic heterocycles. The summed E-state index contributed by atoms with van der Waals surface area (Å²) in [7, 11) is -2.10. The van der Waals surface area contributed by atoms with Crippen molar-refractivity contribution in [3.8, 4) is 5.75 Å². The van der Waals surface area contributed by atoms with Crippen molar-refractivity contribution in [3.63, 3.8) is 0 Å². The molecule has 108 valence electrons. The Morgan fingerprint density at radius 1 is 1.37 bits per heavy atom. The van der Waals surface area contributed by atoms with Crippen molar-refractivity contribution in [1.82, 2.24) is 4.72 Å². The summed E-state index contributed by atoms with van der Waals surface area (Å²) in [6.45, 7) is 1.57. The number of nitrogens with one attached hydrogen (secondary N) is 1. The standard InChI is InChI=1S/C12H19NO4S2/c1-12(14,9-18-3)8-13-19(15,16)11-6-4-10(17-2)5-7-11/h4-7,13-14H,8-9H2,1-3H3. The lowest BCUT2D eigenvalue weighted by Gasteiger charge is -2.22. The van der Waals surface area contributed by atoms with E-state index in [0.29, 0.717) is 11.5 Å². The highest BCUT2D eigenvalue weighted by Crippen LogP contribution is 2.16. The van der Waals surface area contributed by atoms with E-state index in [0.717, 1.165) is 0 Å². The first-order valence-electron chi connectivity index (χ1n) is 5.66. The molecule has 1 atom stereocenters. The van der Waals surface area contributed by atoms with Gasteiger partial charge in [-0.2, -0.15) is 11.8 Å². The molecule has 7 heteroatoms. The van der Waals surface area contributed by atoms with Crippen LogP contribution in [0.5, 0.6) is 5.75 Å². The number of hydrogen-bond acceptors (Lipinski definition) is 5. The summed E-state index contributed by atoms with van der Waals surface area (Å²) in [6, 6.07) is 6.08. The fourth-order valence-electron chi connectivity index (χ4n) is 1.45. The summed E-state index contributed by atoms with van der Waals surface area (Å²) in [5.41, 5.74) is -1.07. The SMILES string of the molecule is COc1ccc(S(=O)(=O)NCC(C)(O)CSC)cc1. The van der Waals surface area contributed by atoms with Crippen LogP contribution >= 0.6 is 11.8 Å². The largest absolute Gasteiger partial charge is 0.497 e. The number of ether oxygens (including phenoxy) is 1. The maximum absolute atomic E-state index is 12.0. The lowest BCUT2D eigenvalue weighted by molar-refractivity contribution is 0.0908. The highest BCUT2D eigenvalue weighted by molar-refractivity contribution is 7.98. The van der Waals surface area contributed by atoms with Gasteiger partial charge in [-0.15, -0.1) is 0 Å². The van der Waals surface area contributed by atoms with Crippen molar-refractivity contribution in [2.75, 3.05) is 25.7 Å². The van der Waals surface area contributed by atoms with E-state index < -0.39 is 15.6 Å². The number of thioether (sulfide) groups is 1. The van der Waals surface area contributed by atoms with Gasteiger partial charge >= 0.3 is 0 Å². The molecule has 5 nitrogen and oxygen atoms in total. The van der Waals surface area contributed by atoms with E-state index in [1.165, 1.54) is 31.0 Å². The van der Waals surface area contributed by atoms with Gasteiger partial charge in [0.05, 0.1) is 17.6 Å². The first-order valence-corrected chi connectivity index (χ1v) is 8.53. The van der Waals surface area contributed by atoms with Crippen LogP contribution in [0.25, 0.3) is 0 Å². The summed E-state index contributed by atoms with van der Waals surface area (Å²) >= 11 is 1.46. The molecule has 0 saturated heterocycles. The van der Waals surface area contributed by atoms with Crippen LogP contribution < -0.4 is 9.46 Å². The summed E-state index contributed by atoms with van der Waals surface area (Å²) in [5.74, 6) is 1.05. The average molecular weight is 305 g/mol. The molecule has 0 aromatic heterocycles. The fraction of sp³-hybridized carbons (Fsp3) is 0.500. The zero-order valence-electron chi connectivity index (χ0n) is 11.2. The summed E-state index contributed by atoms with van der Waals surface area (Å²) < 4.78 is 31.4. The normalized spacial score (nSPS) is 14.9. The molecule has 1 aromatic carbocycles. The van der Waals surface area contributed by atoms with Gasteiger partial charge in [0.1, 0.15) is 5.75 Å². The Hall–Kier alpha value is -0.760. The number of aliphatic hydroxyl groups is 1. The predicted molar refractivity (Wildman–Crippen MR) is 77.2 cm³/mol. The summed E-state index contributed by atoms with van der Waals surface area (Å²) in [5, 5.41) is 9.94. The van der Waals surface area contributed by atoms with Gasteiger partial charge in [0.2, 0.25) is 10.0 Å². The van der Waals surface area contributed by atoms with Crippen LogP contribution in [-0.2, 0) is 10.0 Å². The molecule has 0 aliphatic rings. The maximum atomic E-state index is 12.0. The van der Waals surface area contributed by atoms with Gasteiger partial charge in [-0.1, -0.05) is 0 Å². The van der Waals surface area contributed by atoms with Crippen molar-refractivity contribution in [1.29, 1.82) is 0 Å². The van der Waals surface area contributed by atoms with E-state index >= 15 is 0 Å². The Morgan fingerprint density at radius 3 is 2.42 bits per heavy atom. The number of benzene rings is 1. The molecule has 1 rings (SSSR count). The van der Waals surface area contributed by atoms with E-state index in [-0.39, 0.29) is 11.4 Å². The molecule has 0 heterocycles. The van der Waals surface area contributed by atoms with Crippen LogP contribution in [0.4, 0.5) is 0 Å². The summed E-state index contributed by atoms with van der Waals surface area (Å²) in [4.78, 5) is 0.147. The minimum Gasteiger partial charge on any atom is -0.497 e. The molecule has 0 amide bonds. The molecule has 0 fully saturated rings.